The van der Waals surface area contributed by atoms with Gasteiger partial charge in [-0.3, -0.25) is 0 Å². The van der Waals surface area contributed by atoms with Crippen LogP contribution in [-0.4, -0.2) is 26.9 Å². The molecule has 0 aromatic heterocycles. The lowest BCUT2D eigenvalue weighted by molar-refractivity contribution is 0.294. The number of hydrogen-bond acceptors (Lipinski definition) is 4. The third kappa shape index (κ3) is 1.92. The summed E-state index contributed by atoms with van der Waals surface area (Å²) < 4.78 is 30.8. The van der Waals surface area contributed by atoms with E-state index in [1.165, 1.54) is 13.2 Å². The van der Waals surface area contributed by atoms with Crippen LogP contribution in [0.15, 0.2) is 6.07 Å². The Kier molecular flexibility index (Phi) is 3.01. The summed E-state index contributed by atoms with van der Waals surface area (Å²) in [6.45, 7) is 1.56. The smallest absolute Gasteiger partial charge is 0.169 e. The molecule has 0 amide bonds. The zero-order valence-corrected chi connectivity index (χ0v) is 11.0. The first kappa shape index (κ1) is 12.5. The lowest BCUT2D eigenvalue weighted by Gasteiger charge is -2.22. The molecule has 2 aliphatic rings. The van der Waals surface area contributed by atoms with Crippen LogP contribution in [0.2, 0.25) is 0 Å². The van der Waals surface area contributed by atoms with Crippen molar-refractivity contribution in [3.8, 4) is 17.2 Å². The molecule has 19 heavy (non-hydrogen) atoms. The average molecular weight is 267 g/mol. The highest BCUT2D eigenvalue weighted by atomic mass is 19.1. The minimum Gasteiger partial charge on any atom is -0.493 e. The molecular weight excluding hydrogens is 249 g/mol. The van der Waals surface area contributed by atoms with Gasteiger partial charge in [0, 0.05) is 24.4 Å². The summed E-state index contributed by atoms with van der Waals surface area (Å²) >= 11 is 0. The fourth-order valence-electron chi connectivity index (χ4n) is 2.65. The fraction of sp³-hybridized carbons (Fsp3) is 0.571. The number of ether oxygens (including phenoxy) is 3. The maximum absolute atomic E-state index is 14.2. The Morgan fingerprint density at radius 2 is 2.11 bits per heavy atom. The van der Waals surface area contributed by atoms with E-state index in [0.29, 0.717) is 31.3 Å². The van der Waals surface area contributed by atoms with Gasteiger partial charge in [0.05, 0.1) is 25.9 Å². The number of benzene rings is 1. The van der Waals surface area contributed by atoms with Gasteiger partial charge in [-0.15, -0.1) is 0 Å². The first-order chi connectivity index (χ1) is 9.22. The van der Waals surface area contributed by atoms with Crippen molar-refractivity contribution in [1.29, 1.82) is 0 Å². The SMILES string of the molecule is COc1c(F)cc2c(c1C1(CN)CC1)OCCCO2. The summed E-state index contributed by atoms with van der Waals surface area (Å²) in [5, 5.41) is 0. The molecule has 1 aromatic carbocycles. The normalized spacial score (nSPS) is 19.7. The van der Waals surface area contributed by atoms with Crippen LogP contribution < -0.4 is 19.9 Å². The highest BCUT2D eigenvalue weighted by molar-refractivity contribution is 5.60. The first-order valence-corrected chi connectivity index (χ1v) is 6.58. The van der Waals surface area contributed by atoms with Crippen molar-refractivity contribution in [3.05, 3.63) is 17.4 Å². The molecule has 0 atom stereocenters. The number of rotatable bonds is 3. The third-order valence-corrected chi connectivity index (χ3v) is 3.92. The Hall–Kier alpha value is -1.49. The monoisotopic (exact) mass is 267 g/mol. The van der Waals surface area contributed by atoms with Crippen molar-refractivity contribution < 1.29 is 18.6 Å². The Morgan fingerprint density at radius 1 is 1.37 bits per heavy atom. The third-order valence-electron chi connectivity index (χ3n) is 3.92. The molecular formula is C14H18FNO3. The van der Waals surface area contributed by atoms with Gasteiger partial charge in [-0.2, -0.15) is 0 Å². The van der Waals surface area contributed by atoms with Gasteiger partial charge < -0.3 is 19.9 Å². The fourth-order valence-corrected chi connectivity index (χ4v) is 2.65. The standard InChI is InChI=1S/C14H18FNO3/c1-17-12-9(15)7-10-13(19-6-2-5-18-10)11(12)14(8-16)3-4-14/h7H,2-6,8,16H2,1H3. The van der Waals surface area contributed by atoms with E-state index in [2.05, 4.69) is 0 Å². The van der Waals surface area contributed by atoms with Crippen molar-refractivity contribution in [2.24, 2.45) is 5.73 Å². The number of fused-ring (bicyclic) bond motifs is 1. The zero-order valence-electron chi connectivity index (χ0n) is 11.0. The number of methoxy groups -OCH3 is 1. The largest absolute Gasteiger partial charge is 0.493 e. The minimum absolute atomic E-state index is 0.217. The van der Waals surface area contributed by atoms with E-state index < -0.39 is 5.82 Å². The van der Waals surface area contributed by atoms with Crippen molar-refractivity contribution in [1.82, 2.24) is 0 Å². The molecule has 1 heterocycles. The maximum atomic E-state index is 14.2. The summed E-state index contributed by atoms with van der Waals surface area (Å²) in [6, 6.07) is 1.34. The molecule has 0 unspecified atom stereocenters. The van der Waals surface area contributed by atoms with Gasteiger partial charge in [-0.25, -0.2) is 4.39 Å². The second-order valence-electron chi connectivity index (χ2n) is 5.13. The maximum Gasteiger partial charge on any atom is 0.169 e. The molecule has 1 aliphatic carbocycles. The predicted octanol–water partition coefficient (Wildman–Crippen LogP) is 1.99. The Labute approximate surface area is 111 Å². The Bertz CT molecular complexity index is 500. The summed E-state index contributed by atoms with van der Waals surface area (Å²) in [6.07, 6.45) is 2.64. The Balaban J connectivity index is 2.20. The topological polar surface area (TPSA) is 53.7 Å². The van der Waals surface area contributed by atoms with Gasteiger partial charge in [0.1, 0.15) is 0 Å². The number of hydrogen-bond donors (Lipinski definition) is 1. The van der Waals surface area contributed by atoms with Gasteiger partial charge in [0.15, 0.2) is 23.1 Å². The van der Waals surface area contributed by atoms with Crippen molar-refractivity contribution >= 4 is 0 Å². The molecule has 104 valence electrons. The van der Waals surface area contributed by atoms with Crippen LogP contribution in [0.4, 0.5) is 4.39 Å². The lowest BCUT2D eigenvalue weighted by atomic mass is 9.93. The molecule has 0 spiro atoms. The first-order valence-electron chi connectivity index (χ1n) is 6.58. The average Bonchev–Trinajstić information content (AvgIpc) is 3.21. The van der Waals surface area contributed by atoms with Gasteiger partial charge in [0.2, 0.25) is 0 Å². The van der Waals surface area contributed by atoms with E-state index in [1.807, 2.05) is 0 Å². The molecule has 1 aliphatic heterocycles. The van der Waals surface area contributed by atoms with Crippen LogP contribution in [0, 0.1) is 5.82 Å². The van der Waals surface area contributed by atoms with Crippen LogP contribution in [0.25, 0.3) is 0 Å². The van der Waals surface area contributed by atoms with E-state index in [4.69, 9.17) is 19.9 Å². The Morgan fingerprint density at radius 3 is 2.74 bits per heavy atom. The molecule has 1 aromatic rings. The van der Waals surface area contributed by atoms with E-state index >= 15 is 0 Å². The van der Waals surface area contributed by atoms with Gasteiger partial charge in [-0.1, -0.05) is 0 Å². The highest BCUT2D eigenvalue weighted by Crippen LogP contribution is 2.57. The van der Waals surface area contributed by atoms with Crippen LogP contribution in [-0.2, 0) is 5.41 Å². The number of halogens is 1. The van der Waals surface area contributed by atoms with Crippen molar-refractivity contribution in [3.63, 3.8) is 0 Å². The van der Waals surface area contributed by atoms with Crippen LogP contribution in [0.5, 0.6) is 17.2 Å². The molecule has 0 radical (unpaired) electrons. The second kappa shape index (κ2) is 4.56. The van der Waals surface area contributed by atoms with E-state index in [9.17, 15) is 4.39 Å². The van der Waals surface area contributed by atoms with Gasteiger partial charge in [0.25, 0.3) is 0 Å². The van der Waals surface area contributed by atoms with Gasteiger partial charge >= 0.3 is 0 Å². The van der Waals surface area contributed by atoms with Crippen LogP contribution in [0.3, 0.4) is 0 Å². The van der Waals surface area contributed by atoms with Gasteiger partial charge in [-0.05, 0) is 12.8 Å². The quantitative estimate of drug-likeness (QED) is 0.910. The van der Waals surface area contributed by atoms with E-state index in [0.717, 1.165) is 24.8 Å². The summed E-state index contributed by atoms with van der Waals surface area (Å²) in [7, 11) is 1.47. The highest BCUT2D eigenvalue weighted by Gasteiger charge is 2.49. The molecule has 0 saturated heterocycles. The summed E-state index contributed by atoms with van der Waals surface area (Å²) in [4.78, 5) is 0. The van der Waals surface area contributed by atoms with Crippen LogP contribution >= 0.6 is 0 Å². The molecule has 0 bridgehead atoms. The zero-order chi connectivity index (χ0) is 13.5. The molecule has 1 fully saturated rings. The van der Waals surface area contributed by atoms with Crippen molar-refractivity contribution in [2.45, 2.75) is 24.7 Å². The van der Waals surface area contributed by atoms with Crippen molar-refractivity contribution in [2.75, 3.05) is 26.9 Å². The van der Waals surface area contributed by atoms with Crippen LogP contribution in [0.1, 0.15) is 24.8 Å². The molecule has 3 rings (SSSR count). The number of nitrogens with two attached hydrogens (primary N) is 1. The summed E-state index contributed by atoms with van der Waals surface area (Å²) in [5.74, 6) is 0.901. The second-order valence-corrected chi connectivity index (χ2v) is 5.13. The summed E-state index contributed by atoms with van der Waals surface area (Å²) in [5.41, 5.74) is 6.40. The molecule has 2 N–H and O–H groups in total. The predicted molar refractivity (Wildman–Crippen MR) is 68.5 cm³/mol. The van der Waals surface area contributed by atoms with E-state index in [1.54, 1.807) is 0 Å². The van der Waals surface area contributed by atoms with E-state index in [-0.39, 0.29) is 11.2 Å². The lowest BCUT2D eigenvalue weighted by Crippen LogP contribution is -2.22. The molecule has 4 nitrogen and oxygen atoms in total. The molecule has 5 heteroatoms. The minimum atomic E-state index is -0.415. The molecule has 1 saturated carbocycles.